The summed E-state index contributed by atoms with van der Waals surface area (Å²) in [7, 11) is 6.99. The molecule has 12 heteroatoms. The van der Waals surface area contributed by atoms with Gasteiger partial charge in [-0.25, -0.2) is 4.39 Å². The lowest BCUT2D eigenvalue weighted by molar-refractivity contribution is -0.137. The first kappa shape index (κ1) is 26.8. The van der Waals surface area contributed by atoms with Crippen molar-refractivity contribution in [3.63, 3.8) is 0 Å². The quantitative estimate of drug-likeness (QED) is 0.528. The lowest BCUT2D eigenvalue weighted by atomic mass is 9.72. The van der Waals surface area contributed by atoms with E-state index in [0.29, 0.717) is 35.7 Å². The van der Waals surface area contributed by atoms with Gasteiger partial charge in [0.05, 0.1) is 5.56 Å². The number of nitrogens with zero attached hydrogens (tertiary/aromatic N) is 6. The van der Waals surface area contributed by atoms with Crippen LogP contribution in [0, 0.1) is 17.7 Å². The Hall–Kier alpha value is -3.80. The summed E-state index contributed by atoms with van der Waals surface area (Å²) >= 11 is 1.20. The highest BCUT2D eigenvalue weighted by atomic mass is 32.1. The Balaban J connectivity index is 1.51. The SMILES string of the molecule is C[C@@H]1CC2(CC[C@@H]1C(=O)N(C)C)N(C)C(=O)c1c(O)c(=O)c(-c3nnc(Cc4ccc(F)cc4)s3)cn1N2C. The van der Waals surface area contributed by atoms with Crippen molar-refractivity contribution in [2.24, 2.45) is 11.8 Å². The Morgan fingerprint density at radius 2 is 1.90 bits per heavy atom. The second kappa shape index (κ2) is 9.74. The number of hydrogen-bond acceptors (Lipinski definition) is 8. The van der Waals surface area contributed by atoms with E-state index in [1.54, 1.807) is 43.1 Å². The van der Waals surface area contributed by atoms with Crippen LogP contribution in [-0.4, -0.2) is 75.4 Å². The van der Waals surface area contributed by atoms with E-state index < -0.39 is 22.7 Å². The van der Waals surface area contributed by atoms with E-state index in [0.717, 1.165) is 5.56 Å². The van der Waals surface area contributed by atoms with Crippen molar-refractivity contribution in [2.45, 2.75) is 38.3 Å². The van der Waals surface area contributed by atoms with E-state index in [1.807, 2.05) is 19.0 Å². The lowest BCUT2D eigenvalue weighted by Gasteiger charge is -2.57. The minimum Gasteiger partial charge on any atom is -0.502 e. The Bertz CT molecular complexity index is 1500. The predicted octanol–water partition coefficient (Wildman–Crippen LogP) is 2.68. The van der Waals surface area contributed by atoms with E-state index >= 15 is 0 Å². The van der Waals surface area contributed by atoms with Crippen LogP contribution in [0.3, 0.4) is 0 Å². The van der Waals surface area contributed by atoms with E-state index in [9.17, 15) is 23.9 Å². The number of halogens is 1. The Labute approximate surface area is 229 Å². The van der Waals surface area contributed by atoms with Crippen molar-refractivity contribution >= 4 is 23.2 Å². The maximum Gasteiger partial charge on any atom is 0.278 e. The normalized spacial score (nSPS) is 22.8. The lowest BCUT2D eigenvalue weighted by Crippen LogP contribution is -2.70. The molecule has 0 saturated heterocycles. The molecule has 1 spiro atoms. The fourth-order valence-electron chi connectivity index (χ4n) is 5.88. The van der Waals surface area contributed by atoms with Crippen molar-refractivity contribution < 1.29 is 19.1 Å². The fourth-order valence-corrected chi connectivity index (χ4v) is 6.76. The standard InChI is InChI=1S/C27H31FN6O4S/c1-15-13-27(11-10-18(15)25(37)31(2)3)32(4)26(38)21-23(36)22(35)19(14-34(21)33(27)5)24-30-29-20(39-24)12-16-6-8-17(28)9-7-16/h6-9,14-15,18,36H,10-13H2,1-5H3/t15-,18+,27?/m1/s1. The van der Waals surface area contributed by atoms with Crippen LogP contribution in [0.25, 0.3) is 10.6 Å². The van der Waals surface area contributed by atoms with Gasteiger partial charge in [-0.2, -0.15) is 0 Å². The minimum absolute atomic E-state index is 0.00229. The number of carbonyl (C=O) groups excluding carboxylic acids is 2. The number of pyridine rings is 1. The summed E-state index contributed by atoms with van der Waals surface area (Å²) in [5, 5.41) is 22.1. The summed E-state index contributed by atoms with van der Waals surface area (Å²) in [6.45, 7) is 2.02. The molecule has 1 aliphatic carbocycles. The molecule has 1 aromatic carbocycles. The van der Waals surface area contributed by atoms with Crippen LogP contribution >= 0.6 is 11.3 Å². The van der Waals surface area contributed by atoms with Gasteiger partial charge >= 0.3 is 0 Å². The number of hydrogen-bond donors (Lipinski definition) is 1. The molecule has 0 bridgehead atoms. The third-order valence-electron chi connectivity index (χ3n) is 8.14. The highest BCUT2D eigenvalue weighted by molar-refractivity contribution is 7.14. The summed E-state index contributed by atoms with van der Waals surface area (Å²) in [5.41, 5.74) is -0.597. The molecule has 2 aliphatic rings. The highest BCUT2D eigenvalue weighted by Crippen LogP contribution is 2.44. The number of carbonyl (C=O) groups is 2. The van der Waals surface area contributed by atoms with E-state index in [4.69, 9.17) is 0 Å². The second-order valence-electron chi connectivity index (χ2n) is 10.6. The van der Waals surface area contributed by atoms with Crippen LogP contribution in [0.15, 0.2) is 35.3 Å². The Kier molecular flexibility index (Phi) is 6.69. The van der Waals surface area contributed by atoms with Crippen molar-refractivity contribution in [1.82, 2.24) is 24.7 Å². The number of amides is 2. The van der Waals surface area contributed by atoms with E-state index in [1.165, 1.54) is 34.3 Å². The zero-order valence-electron chi connectivity index (χ0n) is 22.5. The fraction of sp³-hybridized carbons (Fsp3) is 0.444. The number of aromatic nitrogens is 3. The molecule has 1 fully saturated rings. The minimum atomic E-state index is -0.750. The van der Waals surface area contributed by atoms with Crippen molar-refractivity contribution in [1.29, 1.82) is 0 Å². The highest BCUT2D eigenvalue weighted by Gasteiger charge is 2.52. The largest absolute Gasteiger partial charge is 0.502 e. The molecular weight excluding hydrogens is 523 g/mol. The maximum absolute atomic E-state index is 13.6. The van der Waals surface area contributed by atoms with Crippen LogP contribution in [0.5, 0.6) is 5.75 Å². The molecule has 206 valence electrons. The molecule has 2 aromatic heterocycles. The zero-order chi connectivity index (χ0) is 28.2. The molecule has 39 heavy (non-hydrogen) atoms. The molecule has 1 unspecified atom stereocenters. The summed E-state index contributed by atoms with van der Waals surface area (Å²) in [5.74, 6) is -1.52. The van der Waals surface area contributed by atoms with Gasteiger partial charge in [0.25, 0.3) is 5.91 Å². The summed E-state index contributed by atoms with van der Waals surface area (Å²) < 4.78 is 14.8. The average molecular weight is 555 g/mol. The molecule has 3 heterocycles. The topological polar surface area (TPSA) is 112 Å². The molecule has 10 nitrogen and oxygen atoms in total. The van der Waals surface area contributed by atoms with Crippen molar-refractivity contribution in [3.8, 4) is 16.3 Å². The third kappa shape index (κ3) is 4.36. The molecule has 1 aliphatic heterocycles. The molecule has 0 radical (unpaired) electrons. The molecular formula is C27H31FN6O4S. The Morgan fingerprint density at radius 3 is 2.54 bits per heavy atom. The monoisotopic (exact) mass is 554 g/mol. The van der Waals surface area contributed by atoms with Gasteiger partial charge in [-0.05, 0) is 42.9 Å². The van der Waals surface area contributed by atoms with Crippen LogP contribution < -0.4 is 10.4 Å². The van der Waals surface area contributed by atoms with E-state index in [2.05, 4.69) is 10.2 Å². The average Bonchev–Trinajstić information content (AvgIpc) is 3.37. The maximum atomic E-state index is 13.6. The third-order valence-corrected chi connectivity index (χ3v) is 9.09. The van der Waals surface area contributed by atoms with Gasteiger partial charge in [0.15, 0.2) is 16.5 Å². The van der Waals surface area contributed by atoms with Crippen LogP contribution in [0.1, 0.15) is 47.2 Å². The van der Waals surface area contributed by atoms with Crippen LogP contribution in [-0.2, 0) is 11.2 Å². The molecule has 3 atom stereocenters. The summed E-state index contributed by atoms with van der Waals surface area (Å²) in [6, 6.07) is 6.06. The van der Waals surface area contributed by atoms with Gasteiger partial charge in [-0.1, -0.05) is 30.4 Å². The van der Waals surface area contributed by atoms with Gasteiger partial charge in [0.2, 0.25) is 11.3 Å². The van der Waals surface area contributed by atoms with E-state index in [-0.39, 0.29) is 34.8 Å². The van der Waals surface area contributed by atoms with Crippen LogP contribution in [0.2, 0.25) is 0 Å². The first-order valence-electron chi connectivity index (χ1n) is 12.7. The smallest absolute Gasteiger partial charge is 0.278 e. The molecule has 1 N–H and O–H groups in total. The zero-order valence-corrected chi connectivity index (χ0v) is 23.3. The molecule has 2 amide bonds. The molecule has 5 rings (SSSR count). The molecule has 1 saturated carbocycles. The first-order chi connectivity index (χ1) is 18.4. The van der Waals surface area contributed by atoms with Gasteiger partial charge in [0.1, 0.15) is 16.5 Å². The van der Waals surface area contributed by atoms with Gasteiger partial charge in [-0.15, -0.1) is 10.2 Å². The summed E-state index contributed by atoms with van der Waals surface area (Å²) in [6.07, 6.45) is 3.62. The predicted molar refractivity (Wildman–Crippen MR) is 145 cm³/mol. The number of benzene rings is 1. The summed E-state index contributed by atoms with van der Waals surface area (Å²) in [4.78, 5) is 42.7. The number of rotatable bonds is 4. The number of fused-ring (bicyclic) bond motifs is 1. The first-order valence-corrected chi connectivity index (χ1v) is 13.6. The van der Waals surface area contributed by atoms with Gasteiger partial charge < -0.3 is 14.9 Å². The van der Waals surface area contributed by atoms with Gasteiger partial charge in [0, 0.05) is 46.7 Å². The van der Waals surface area contributed by atoms with Crippen LogP contribution in [0.4, 0.5) is 4.39 Å². The van der Waals surface area contributed by atoms with Crippen molar-refractivity contribution in [3.05, 3.63) is 62.8 Å². The molecule has 3 aromatic rings. The van der Waals surface area contributed by atoms with Crippen molar-refractivity contribution in [2.75, 3.05) is 33.2 Å². The number of aromatic hydroxyl groups is 1. The Morgan fingerprint density at radius 1 is 1.21 bits per heavy atom. The second-order valence-corrected chi connectivity index (χ2v) is 11.7. The van der Waals surface area contributed by atoms with Gasteiger partial charge in [-0.3, -0.25) is 24.1 Å².